The van der Waals surface area contributed by atoms with Gasteiger partial charge < -0.3 is 10.8 Å². The molecular weight excluding hydrogens is 166 g/mol. The highest BCUT2D eigenvalue weighted by atomic mass is 32.2. The molecule has 5 heteroatoms. The number of hydrogen-bond acceptors (Lipinski definition) is 3. The summed E-state index contributed by atoms with van der Waals surface area (Å²) < 4.78 is 10.9. The van der Waals surface area contributed by atoms with E-state index in [4.69, 9.17) is 10.8 Å². The Bertz CT molecular complexity index is 181. The molecule has 0 spiro atoms. The molecule has 0 fully saturated rings. The lowest BCUT2D eigenvalue weighted by molar-refractivity contribution is -0.137. The van der Waals surface area contributed by atoms with Crippen molar-refractivity contribution >= 4 is 16.8 Å². The number of carboxylic acids is 1. The summed E-state index contributed by atoms with van der Waals surface area (Å²) in [6, 6.07) is -1.03. The van der Waals surface area contributed by atoms with E-state index >= 15 is 0 Å². The normalized spacial score (nSPS) is 15.4. The van der Waals surface area contributed by atoms with Crippen LogP contribution < -0.4 is 5.73 Å². The van der Waals surface area contributed by atoms with E-state index < -0.39 is 22.8 Å². The molecule has 0 amide bonds. The van der Waals surface area contributed by atoms with Crippen LogP contribution in [-0.2, 0) is 15.6 Å². The van der Waals surface area contributed by atoms with Gasteiger partial charge in [0.05, 0.1) is 0 Å². The quantitative estimate of drug-likeness (QED) is 0.546. The lowest BCUT2D eigenvalue weighted by atomic mass is 10.4. The van der Waals surface area contributed by atoms with Gasteiger partial charge >= 0.3 is 5.97 Å². The second-order valence-electron chi connectivity index (χ2n) is 2.01. The van der Waals surface area contributed by atoms with Crippen LogP contribution in [0.4, 0.5) is 0 Å². The van der Waals surface area contributed by atoms with Gasteiger partial charge in [0.1, 0.15) is 6.04 Å². The number of rotatable bonds is 5. The van der Waals surface area contributed by atoms with Crippen molar-refractivity contribution in [1.82, 2.24) is 0 Å². The van der Waals surface area contributed by atoms with Gasteiger partial charge in [-0.3, -0.25) is 9.00 Å². The monoisotopic (exact) mass is 177 g/mol. The molecule has 0 aromatic rings. The summed E-state index contributed by atoms with van der Waals surface area (Å²) >= 11 is 0. The molecule has 0 bridgehead atoms. The Morgan fingerprint density at radius 3 is 2.73 bits per heavy atom. The summed E-state index contributed by atoms with van der Waals surface area (Å²) in [4.78, 5) is 10.2. The predicted molar refractivity (Wildman–Crippen MR) is 43.7 cm³/mol. The number of carboxylic acid groups (broad SMARTS) is 1. The van der Waals surface area contributed by atoms with Crippen molar-refractivity contribution in [2.75, 3.05) is 11.5 Å². The van der Waals surface area contributed by atoms with Gasteiger partial charge in [-0.05, 0) is 0 Å². The van der Waals surface area contributed by atoms with Crippen molar-refractivity contribution < 1.29 is 14.1 Å². The Labute approximate surface area is 67.5 Å². The fraction of sp³-hybridized carbons (Fsp3) is 0.500. The Balaban J connectivity index is 3.74. The zero-order chi connectivity index (χ0) is 8.85. The van der Waals surface area contributed by atoms with Gasteiger partial charge in [0.15, 0.2) is 0 Å². The standard InChI is InChI=1S/C6H11NO3S/c1-2-3-11(10)4-5(7)6(8)9/h2,5H,1,3-4,7H2,(H,8,9)/t5-,11+/m1/s1. The molecule has 64 valence electrons. The molecule has 0 aliphatic heterocycles. The minimum Gasteiger partial charge on any atom is -0.480 e. The predicted octanol–water partition coefficient (Wildman–Crippen LogP) is -0.667. The lowest BCUT2D eigenvalue weighted by Crippen LogP contribution is -2.35. The van der Waals surface area contributed by atoms with Crippen LogP contribution in [0.2, 0.25) is 0 Å². The van der Waals surface area contributed by atoms with Gasteiger partial charge in [0.2, 0.25) is 0 Å². The molecule has 0 heterocycles. The average Bonchev–Trinajstić information content (AvgIpc) is 1.87. The molecule has 2 atom stereocenters. The van der Waals surface area contributed by atoms with Crippen LogP contribution in [0.1, 0.15) is 0 Å². The largest absolute Gasteiger partial charge is 0.480 e. The number of hydrogen-bond donors (Lipinski definition) is 2. The summed E-state index contributed by atoms with van der Waals surface area (Å²) in [6.07, 6.45) is 1.48. The van der Waals surface area contributed by atoms with E-state index in [1.54, 1.807) is 0 Å². The molecule has 0 aromatic carbocycles. The van der Waals surface area contributed by atoms with Gasteiger partial charge in [0.25, 0.3) is 0 Å². The van der Waals surface area contributed by atoms with E-state index in [1.165, 1.54) is 6.08 Å². The summed E-state index contributed by atoms with van der Waals surface area (Å²) in [5, 5.41) is 8.31. The Hall–Kier alpha value is -0.680. The topological polar surface area (TPSA) is 80.4 Å². The van der Waals surface area contributed by atoms with Crippen molar-refractivity contribution in [3.63, 3.8) is 0 Å². The van der Waals surface area contributed by atoms with E-state index in [0.717, 1.165) is 0 Å². The maximum absolute atomic E-state index is 10.9. The highest BCUT2D eigenvalue weighted by Crippen LogP contribution is 1.87. The van der Waals surface area contributed by atoms with Crippen LogP contribution in [0.5, 0.6) is 0 Å². The minimum absolute atomic E-state index is 0.0125. The molecule has 0 rings (SSSR count). The first-order valence-corrected chi connectivity index (χ1v) is 4.51. The third-order valence-corrected chi connectivity index (χ3v) is 2.32. The molecule has 0 aliphatic carbocycles. The van der Waals surface area contributed by atoms with E-state index in [2.05, 4.69) is 6.58 Å². The van der Waals surface area contributed by atoms with Gasteiger partial charge in [0, 0.05) is 22.3 Å². The first kappa shape index (κ1) is 10.3. The van der Waals surface area contributed by atoms with Crippen LogP contribution >= 0.6 is 0 Å². The number of carbonyl (C=O) groups is 1. The second kappa shape index (κ2) is 5.03. The smallest absolute Gasteiger partial charge is 0.321 e. The Morgan fingerprint density at radius 1 is 1.82 bits per heavy atom. The average molecular weight is 177 g/mol. The number of nitrogens with two attached hydrogens (primary N) is 1. The lowest BCUT2D eigenvalue weighted by Gasteiger charge is -2.03. The van der Waals surface area contributed by atoms with Crippen LogP contribution in [0.25, 0.3) is 0 Å². The third kappa shape index (κ3) is 4.69. The fourth-order valence-electron chi connectivity index (χ4n) is 0.471. The first-order valence-electron chi connectivity index (χ1n) is 3.02. The van der Waals surface area contributed by atoms with E-state index in [-0.39, 0.29) is 5.75 Å². The molecule has 0 saturated heterocycles. The summed E-state index contributed by atoms with van der Waals surface area (Å²) in [5.74, 6) is -0.843. The van der Waals surface area contributed by atoms with Crippen LogP contribution in [0.15, 0.2) is 12.7 Å². The molecule has 3 N–H and O–H groups in total. The molecular formula is C6H11NO3S. The van der Waals surface area contributed by atoms with Gasteiger partial charge in [-0.1, -0.05) is 6.08 Å². The highest BCUT2D eigenvalue weighted by Gasteiger charge is 2.13. The first-order chi connectivity index (χ1) is 5.07. The molecule has 0 aromatic heterocycles. The molecule has 0 unspecified atom stereocenters. The second-order valence-corrected chi connectivity index (χ2v) is 3.55. The molecule has 11 heavy (non-hydrogen) atoms. The van der Waals surface area contributed by atoms with Gasteiger partial charge in [-0.2, -0.15) is 0 Å². The third-order valence-electron chi connectivity index (χ3n) is 0.986. The van der Waals surface area contributed by atoms with Crippen molar-refractivity contribution in [3.8, 4) is 0 Å². The summed E-state index contributed by atoms with van der Waals surface area (Å²) in [6.45, 7) is 3.37. The fourth-order valence-corrected chi connectivity index (χ4v) is 1.41. The number of aliphatic carboxylic acids is 1. The van der Waals surface area contributed by atoms with Crippen molar-refractivity contribution in [1.29, 1.82) is 0 Å². The maximum Gasteiger partial charge on any atom is 0.321 e. The van der Waals surface area contributed by atoms with E-state index in [9.17, 15) is 9.00 Å². The van der Waals surface area contributed by atoms with Crippen LogP contribution in [-0.4, -0.2) is 32.8 Å². The Morgan fingerprint density at radius 2 is 2.36 bits per heavy atom. The molecule has 4 nitrogen and oxygen atoms in total. The van der Waals surface area contributed by atoms with Crippen molar-refractivity contribution in [3.05, 3.63) is 12.7 Å². The van der Waals surface area contributed by atoms with Crippen molar-refractivity contribution in [2.24, 2.45) is 5.73 Å². The highest BCUT2D eigenvalue weighted by molar-refractivity contribution is 7.85. The van der Waals surface area contributed by atoms with Crippen molar-refractivity contribution in [2.45, 2.75) is 6.04 Å². The molecule has 0 saturated carbocycles. The van der Waals surface area contributed by atoms with E-state index in [1.807, 2.05) is 0 Å². The summed E-state index contributed by atoms with van der Waals surface area (Å²) in [7, 11) is -1.19. The SMILES string of the molecule is C=CC[S@](=O)C[C@@H](N)C(=O)O. The zero-order valence-electron chi connectivity index (χ0n) is 6.03. The van der Waals surface area contributed by atoms with Gasteiger partial charge in [-0.15, -0.1) is 6.58 Å². The summed E-state index contributed by atoms with van der Waals surface area (Å²) in [5.41, 5.74) is 5.12. The molecule has 0 radical (unpaired) electrons. The van der Waals surface area contributed by atoms with Crippen LogP contribution in [0, 0.1) is 0 Å². The Kier molecular flexibility index (Phi) is 4.72. The van der Waals surface area contributed by atoms with E-state index in [0.29, 0.717) is 5.75 Å². The minimum atomic E-state index is -1.19. The van der Waals surface area contributed by atoms with Crippen LogP contribution in [0.3, 0.4) is 0 Å². The van der Waals surface area contributed by atoms with Gasteiger partial charge in [-0.25, -0.2) is 0 Å². The maximum atomic E-state index is 10.9. The zero-order valence-corrected chi connectivity index (χ0v) is 6.84. The molecule has 0 aliphatic rings.